The zero-order valence-electron chi connectivity index (χ0n) is 14.1. The number of benzene rings is 1. The van der Waals surface area contributed by atoms with Crippen LogP contribution in [0.25, 0.3) is 5.65 Å². The standard InChI is InChI=1S/C20H18N4O/c1-14-2-5-19-22-18(9-20(25)24(19)11-14)13-23-7-6-16-4-3-15(10-21)8-17(16)12-23/h2-5,8-9,11H,6-7,12-13H2,1H3. The number of nitrogens with zero attached hydrogens (tertiary/aromatic N) is 4. The zero-order valence-corrected chi connectivity index (χ0v) is 14.1. The lowest BCUT2D eigenvalue weighted by molar-refractivity contribution is 0.242. The van der Waals surface area contributed by atoms with E-state index in [0.717, 1.165) is 30.8 Å². The van der Waals surface area contributed by atoms with Crippen LogP contribution < -0.4 is 5.56 Å². The van der Waals surface area contributed by atoms with Crippen LogP contribution in [0.3, 0.4) is 0 Å². The van der Waals surface area contributed by atoms with Gasteiger partial charge in [0.25, 0.3) is 5.56 Å². The molecule has 1 aliphatic rings. The highest BCUT2D eigenvalue weighted by atomic mass is 16.1. The number of nitriles is 1. The van der Waals surface area contributed by atoms with Gasteiger partial charge in [0.1, 0.15) is 5.65 Å². The van der Waals surface area contributed by atoms with Gasteiger partial charge in [0.05, 0.1) is 17.3 Å². The lowest BCUT2D eigenvalue weighted by Gasteiger charge is -2.28. The van der Waals surface area contributed by atoms with Gasteiger partial charge in [-0.2, -0.15) is 5.26 Å². The van der Waals surface area contributed by atoms with Crippen LogP contribution in [0.2, 0.25) is 0 Å². The summed E-state index contributed by atoms with van der Waals surface area (Å²) in [4.78, 5) is 19.2. The van der Waals surface area contributed by atoms with Crippen molar-refractivity contribution in [3.8, 4) is 6.07 Å². The Morgan fingerprint density at radius 1 is 1.20 bits per heavy atom. The van der Waals surface area contributed by atoms with E-state index in [1.165, 1.54) is 11.1 Å². The molecule has 0 saturated heterocycles. The summed E-state index contributed by atoms with van der Waals surface area (Å²) in [5, 5.41) is 9.08. The second-order valence-electron chi connectivity index (χ2n) is 6.58. The highest BCUT2D eigenvalue weighted by molar-refractivity contribution is 5.41. The van der Waals surface area contributed by atoms with Gasteiger partial charge < -0.3 is 0 Å². The molecule has 1 aromatic carbocycles. The molecule has 0 amide bonds. The number of hydrogen-bond donors (Lipinski definition) is 0. The van der Waals surface area contributed by atoms with Crippen LogP contribution in [0.15, 0.2) is 47.4 Å². The van der Waals surface area contributed by atoms with E-state index in [-0.39, 0.29) is 5.56 Å². The molecule has 0 radical (unpaired) electrons. The Balaban J connectivity index is 1.60. The van der Waals surface area contributed by atoms with E-state index >= 15 is 0 Å². The maximum absolute atomic E-state index is 12.3. The zero-order chi connectivity index (χ0) is 17.4. The Hall–Kier alpha value is -2.97. The molecule has 0 saturated carbocycles. The SMILES string of the molecule is Cc1ccc2nc(CN3CCc4ccc(C#N)cc4C3)cc(=O)n2c1. The van der Waals surface area contributed by atoms with Crippen LogP contribution in [-0.2, 0) is 19.5 Å². The first-order valence-electron chi connectivity index (χ1n) is 8.35. The minimum absolute atomic E-state index is 0.0483. The number of aromatic nitrogens is 2. The van der Waals surface area contributed by atoms with Gasteiger partial charge in [0.2, 0.25) is 0 Å². The second kappa shape index (κ2) is 6.15. The van der Waals surface area contributed by atoms with E-state index in [1.54, 1.807) is 10.5 Å². The molecular weight excluding hydrogens is 312 g/mol. The van der Waals surface area contributed by atoms with Gasteiger partial charge in [-0.25, -0.2) is 4.98 Å². The minimum Gasteiger partial charge on any atom is -0.293 e. The summed E-state index contributed by atoms with van der Waals surface area (Å²) in [7, 11) is 0. The molecule has 0 bridgehead atoms. The molecule has 124 valence electrons. The van der Waals surface area contributed by atoms with Gasteiger partial charge in [0.15, 0.2) is 0 Å². The molecule has 3 heterocycles. The molecule has 0 aliphatic carbocycles. The number of hydrogen-bond acceptors (Lipinski definition) is 4. The van der Waals surface area contributed by atoms with Gasteiger partial charge in [-0.3, -0.25) is 14.1 Å². The van der Waals surface area contributed by atoms with E-state index < -0.39 is 0 Å². The molecular formula is C20H18N4O. The highest BCUT2D eigenvalue weighted by Crippen LogP contribution is 2.21. The number of aryl methyl sites for hydroxylation is 1. The first-order valence-corrected chi connectivity index (χ1v) is 8.35. The van der Waals surface area contributed by atoms with Gasteiger partial charge in [-0.1, -0.05) is 12.1 Å². The predicted molar refractivity (Wildman–Crippen MR) is 95.2 cm³/mol. The van der Waals surface area contributed by atoms with Gasteiger partial charge in [-0.05, 0) is 48.2 Å². The fraction of sp³-hybridized carbons (Fsp3) is 0.250. The molecule has 0 N–H and O–H groups in total. The van der Waals surface area contributed by atoms with Crippen LogP contribution in [0.5, 0.6) is 0 Å². The topological polar surface area (TPSA) is 61.4 Å². The van der Waals surface area contributed by atoms with Gasteiger partial charge in [-0.15, -0.1) is 0 Å². The molecule has 0 spiro atoms. The fourth-order valence-electron chi connectivity index (χ4n) is 3.39. The fourth-order valence-corrected chi connectivity index (χ4v) is 3.39. The minimum atomic E-state index is -0.0483. The van der Waals surface area contributed by atoms with E-state index in [9.17, 15) is 4.79 Å². The molecule has 3 aromatic rings. The van der Waals surface area contributed by atoms with E-state index in [2.05, 4.69) is 16.0 Å². The Morgan fingerprint density at radius 3 is 2.92 bits per heavy atom. The first-order chi connectivity index (χ1) is 12.1. The van der Waals surface area contributed by atoms with Crippen LogP contribution >= 0.6 is 0 Å². The summed E-state index contributed by atoms with van der Waals surface area (Å²) in [6.07, 6.45) is 2.77. The third-order valence-corrected chi connectivity index (χ3v) is 4.67. The van der Waals surface area contributed by atoms with Crippen molar-refractivity contribution in [1.82, 2.24) is 14.3 Å². The molecule has 0 unspecified atom stereocenters. The van der Waals surface area contributed by atoms with E-state index in [4.69, 9.17) is 5.26 Å². The van der Waals surface area contributed by atoms with Crippen molar-refractivity contribution in [2.75, 3.05) is 6.54 Å². The largest absolute Gasteiger partial charge is 0.293 e. The van der Waals surface area contributed by atoms with Crippen molar-refractivity contribution >= 4 is 5.65 Å². The van der Waals surface area contributed by atoms with Crippen LogP contribution in [0.1, 0.15) is 27.9 Å². The normalized spacial score (nSPS) is 14.2. The smallest absolute Gasteiger partial charge is 0.258 e. The summed E-state index contributed by atoms with van der Waals surface area (Å²) in [6.45, 7) is 4.30. The molecule has 1 aliphatic heterocycles. The molecule has 0 atom stereocenters. The van der Waals surface area contributed by atoms with Crippen molar-refractivity contribution in [3.63, 3.8) is 0 Å². The average molecular weight is 330 g/mol. The summed E-state index contributed by atoms with van der Waals surface area (Å²) in [5.41, 5.74) is 5.64. The lowest BCUT2D eigenvalue weighted by atomic mass is 9.97. The molecule has 5 heteroatoms. The van der Waals surface area contributed by atoms with Crippen LogP contribution in [-0.4, -0.2) is 20.8 Å². The quantitative estimate of drug-likeness (QED) is 0.724. The molecule has 25 heavy (non-hydrogen) atoms. The van der Waals surface area contributed by atoms with Crippen LogP contribution in [0, 0.1) is 18.3 Å². The predicted octanol–water partition coefficient (Wildman–Crippen LogP) is 2.43. The van der Waals surface area contributed by atoms with Gasteiger partial charge >= 0.3 is 0 Å². The second-order valence-corrected chi connectivity index (χ2v) is 6.58. The van der Waals surface area contributed by atoms with Crippen molar-refractivity contribution in [2.45, 2.75) is 26.4 Å². The Labute approximate surface area is 145 Å². The van der Waals surface area contributed by atoms with Crippen molar-refractivity contribution < 1.29 is 0 Å². The monoisotopic (exact) mass is 330 g/mol. The summed E-state index contributed by atoms with van der Waals surface area (Å²) < 4.78 is 1.59. The number of pyridine rings is 1. The third-order valence-electron chi connectivity index (χ3n) is 4.67. The average Bonchev–Trinajstić information content (AvgIpc) is 2.62. The Morgan fingerprint density at radius 2 is 2.08 bits per heavy atom. The first kappa shape index (κ1) is 15.6. The summed E-state index contributed by atoms with van der Waals surface area (Å²) in [6, 6.07) is 13.6. The Bertz CT molecular complexity index is 1060. The highest BCUT2D eigenvalue weighted by Gasteiger charge is 2.17. The van der Waals surface area contributed by atoms with Crippen molar-refractivity contribution in [3.05, 3.63) is 80.9 Å². The maximum Gasteiger partial charge on any atom is 0.258 e. The summed E-state index contributed by atoms with van der Waals surface area (Å²) in [5.74, 6) is 0. The number of rotatable bonds is 2. The molecule has 4 rings (SSSR count). The van der Waals surface area contributed by atoms with E-state index in [1.807, 2.05) is 43.5 Å². The maximum atomic E-state index is 12.3. The Kier molecular flexibility index (Phi) is 3.83. The van der Waals surface area contributed by atoms with Crippen molar-refractivity contribution in [2.24, 2.45) is 0 Å². The lowest BCUT2D eigenvalue weighted by Crippen LogP contribution is -2.31. The summed E-state index contributed by atoms with van der Waals surface area (Å²) >= 11 is 0. The number of fused-ring (bicyclic) bond motifs is 2. The third kappa shape index (κ3) is 3.04. The molecule has 5 nitrogen and oxygen atoms in total. The molecule has 0 fully saturated rings. The molecule has 2 aromatic heterocycles. The van der Waals surface area contributed by atoms with E-state index in [0.29, 0.717) is 17.8 Å². The van der Waals surface area contributed by atoms with Crippen LogP contribution in [0.4, 0.5) is 0 Å². The van der Waals surface area contributed by atoms with Gasteiger partial charge in [0, 0.05) is 31.9 Å². The van der Waals surface area contributed by atoms with Crippen molar-refractivity contribution in [1.29, 1.82) is 5.26 Å².